The minimum atomic E-state index is 0.681. The largest absolute Gasteiger partial charge is 0.253 e. The smallest absolute Gasteiger partial charge is 0.0708 e. The minimum Gasteiger partial charge on any atom is -0.253 e. The molecule has 0 fully saturated rings. The Labute approximate surface area is 96.5 Å². The maximum absolute atomic E-state index is 4.83. The summed E-state index contributed by atoms with van der Waals surface area (Å²) in [5, 5.41) is 1.33. The summed E-state index contributed by atoms with van der Waals surface area (Å²) in [6.45, 7) is 4.59. The molecule has 0 amide bonds. The third-order valence-electron chi connectivity index (χ3n) is 3.82. The van der Waals surface area contributed by atoms with Gasteiger partial charge in [-0.3, -0.25) is 4.98 Å². The van der Waals surface area contributed by atoms with E-state index in [4.69, 9.17) is 4.98 Å². The number of para-hydroxylation sites is 1. The van der Waals surface area contributed by atoms with Gasteiger partial charge >= 0.3 is 0 Å². The summed E-state index contributed by atoms with van der Waals surface area (Å²) in [5.41, 5.74) is 5.47. The fourth-order valence-corrected chi connectivity index (χ4v) is 3.02. The molecule has 0 saturated carbocycles. The highest BCUT2D eigenvalue weighted by Crippen LogP contribution is 2.35. The van der Waals surface area contributed by atoms with Gasteiger partial charge in [-0.25, -0.2) is 0 Å². The third-order valence-corrected chi connectivity index (χ3v) is 3.82. The lowest BCUT2D eigenvalue weighted by atomic mass is 9.83. The predicted molar refractivity (Wildman–Crippen MR) is 67.8 cm³/mol. The maximum atomic E-state index is 4.83. The standard InChI is InChI=1S/C15H17N/c1-10-6-5-9-14-15(10)11(2)12-7-3-4-8-13(12)16-14/h3-4,7-8,10H,5-6,9H2,1-2H3. The molecule has 0 saturated heterocycles. The van der Waals surface area contributed by atoms with Gasteiger partial charge in [-0.1, -0.05) is 25.1 Å². The van der Waals surface area contributed by atoms with Crippen LogP contribution in [0.2, 0.25) is 0 Å². The molecule has 0 N–H and O–H groups in total. The summed E-state index contributed by atoms with van der Waals surface area (Å²) in [6.07, 6.45) is 3.76. The van der Waals surface area contributed by atoms with Gasteiger partial charge in [-0.15, -0.1) is 0 Å². The Morgan fingerprint density at radius 3 is 2.94 bits per heavy atom. The summed E-state index contributed by atoms with van der Waals surface area (Å²) >= 11 is 0. The first-order valence-corrected chi connectivity index (χ1v) is 6.15. The third kappa shape index (κ3) is 1.35. The Hall–Kier alpha value is -1.37. The first-order chi connectivity index (χ1) is 7.77. The SMILES string of the molecule is Cc1c2c(nc3ccccc13)CCCC2C. The fourth-order valence-electron chi connectivity index (χ4n) is 3.02. The molecular weight excluding hydrogens is 194 g/mol. The van der Waals surface area contributed by atoms with Crippen molar-refractivity contribution in [3.05, 3.63) is 41.1 Å². The summed E-state index contributed by atoms with van der Waals surface area (Å²) in [7, 11) is 0. The molecule has 1 heterocycles. The molecule has 0 bridgehead atoms. The molecule has 16 heavy (non-hydrogen) atoms. The molecule has 1 aliphatic rings. The second-order valence-corrected chi connectivity index (χ2v) is 4.91. The van der Waals surface area contributed by atoms with Crippen LogP contribution in [0, 0.1) is 6.92 Å². The van der Waals surface area contributed by atoms with Crippen molar-refractivity contribution in [2.45, 2.75) is 39.0 Å². The number of hydrogen-bond donors (Lipinski definition) is 0. The van der Waals surface area contributed by atoms with E-state index >= 15 is 0 Å². The Bertz CT molecular complexity index is 542. The highest BCUT2D eigenvalue weighted by molar-refractivity contribution is 5.83. The number of pyridine rings is 1. The average Bonchev–Trinajstić information content (AvgIpc) is 2.29. The van der Waals surface area contributed by atoms with E-state index in [0.717, 1.165) is 11.9 Å². The summed E-state index contributed by atoms with van der Waals surface area (Å²) < 4.78 is 0. The number of nitrogens with zero attached hydrogens (tertiary/aromatic N) is 1. The molecule has 0 radical (unpaired) electrons. The van der Waals surface area contributed by atoms with Gasteiger partial charge in [0.25, 0.3) is 0 Å². The Kier molecular flexibility index (Phi) is 2.20. The highest BCUT2D eigenvalue weighted by atomic mass is 14.7. The zero-order valence-corrected chi connectivity index (χ0v) is 9.96. The first kappa shape index (κ1) is 9.83. The fraction of sp³-hybridized carbons (Fsp3) is 0.400. The van der Waals surface area contributed by atoms with Crippen LogP contribution in [0.3, 0.4) is 0 Å². The zero-order valence-electron chi connectivity index (χ0n) is 9.96. The van der Waals surface area contributed by atoms with E-state index < -0.39 is 0 Å². The van der Waals surface area contributed by atoms with Crippen molar-refractivity contribution < 1.29 is 0 Å². The number of hydrogen-bond acceptors (Lipinski definition) is 1. The molecule has 1 unspecified atom stereocenters. The van der Waals surface area contributed by atoms with Gasteiger partial charge in [-0.2, -0.15) is 0 Å². The Balaban J connectivity index is 2.36. The lowest BCUT2D eigenvalue weighted by Crippen LogP contribution is -2.11. The van der Waals surface area contributed by atoms with Crippen LogP contribution in [-0.4, -0.2) is 4.98 Å². The number of aromatic nitrogens is 1. The lowest BCUT2D eigenvalue weighted by molar-refractivity contribution is 0.578. The van der Waals surface area contributed by atoms with Crippen LogP contribution in [-0.2, 0) is 6.42 Å². The van der Waals surface area contributed by atoms with Crippen LogP contribution in [0.25, 0.3) is 10.9 Å². The quantitative estimate of drug-likeness (QED) is 0.642. The molecule has 1 aromatic carbocycles. The molecule has 1 heteroatoms. The van der Waals surface area contributed by atoms with Crippen molar-refractivity contribution >= 4 is 10.9 Å². The molecule has 82 valence electrons. The van der Waals surface area contributed by atoms with Crippen LogP contribution < -0.4 is 0 Å². The normalized spacial score (nSPS) is 19.8. The topological polar surface area (TPSA) is 12.9 Å². The highest BCUT2D eigenvalue weighted by Gasteiger charge is 2.20. The molecule has 1 nitrogen and oxygen atoms in total. The van der Waals surface area contributed by atoms with Gasteiger partial charge in [-0.05, 0) is 49.3 Å². The Morgan fingerprint density at radius 2 is 2.06 bits per heavy atom. The molecule has 1 atom stereocenters. The monoisotopic (exact) mass is 211 g/mol. The molecule has 1 aliphatic carbocycles. The number of benzene rings is 1. The van der Waals surface area contributed by atoms with Gasteiger partial charge in [0.1, 0.15) is 0 Å². The molecular formula is C15H17N. The van der Waals surface area contributed by atoms with Crippen LogP contribution in [0.4, 0.5) is 0 Å². The minimum absolute atomic E-state index is 0.681. The molecule has 0 spiro atoms. The van der Waals surface area contributed by atoms with E-state index in [1.807, 2.05) is 0 Å². The van der Waals surface area contributed by atoms with Crippen molar-refractivity contribution in [2.75, 3.05) is 0 Å². The van der Waals surface area contributed by atoms with E-state index in [9.17, 15) is 0 Å². The van der Waals surface area contributed by atoms with Crippen molar-refractivity contribution in [1.29, 1.82) is 0 Å². The van der Waals surface area contributed by atoms with Gasteiger partial charge in [0, 0.05) is 11.1 Å². The van der Waals surface area contributed by atoms with E-state index in [1.54, 1.807) is 0 Å². The predicted octanol–water partition coefficient (Wildman–Crippen LogP) is 3.98. The van der Waals surface area contributed by atoms with Crippen LogP contribution >= 0.6 is 0 Å². The maximum Gasteiger partial charge on any atom is 0.0708 e. The van der Waals surface area contributed by atoms with Crippen molar-refractivity contribution in [1.82, 2.24) is 4.98 Å². The van der Waals surface area contributed by atoms with Crippen LogP contribution in [0.5, 0.6) is 0 Å². The lowest BCUT2D eigenvalue weighted by Gasteiger charge is -2.24. The zero-order chi connectivity index (χ0) is 11.1. The second-order valence-electron chi connectivity index (χ2n) is 4.91. The van der Waals surface area contributed by atoms with Crippen molar-refractivity contribution in [3.63, 3.8) is 0 Å². The molecule has 0 aliphatic heterocycles. The van der Waals surface area contributed by atoms with Gasteiger partial charge in [0.05, 0.1) is 5.52 Å². The summed E-state index contributed by atoms with van der Waals surface area (Å²) in [5.74, 6) is 0.681. The van der Waals surface area contributed by atoms with Crippen molar-refractivity contribution in [2.24, 2.45) is 0 Å². The Morgan fingerprint density at radius 1 is 1.25 bits per heavy atom. The van der Waals surface area contributed by atoms with Crippen LogP contribution in [0.15, 0.2) is 24.3 Å². The van der Waals surface area contributed by atoms with Gasteiger partial charge < -0.3 is 0 Å². The summed E-state index contributed by atoms with van der Waals surface area (Å²) in [4.78, 5) is 4.83. The number of fused-ring (bicyclic) bond motifs is 2. The summed E-state index contributed by atoms with van der Waals surface area (Å²) in [6, 6.07) is 8.51. The van der Waals surface area contributed by atoms with Crippen LogP contribution in [0.1, 0.15) is 42.5 Å². The van der Waals surface area contributed by atoms with E-state index in [2.05, 4.69) is 38.1 Å². The molecule has 1 aromatic heterocycles. The van der Waals surface area contributed by atoms with E-state index in [1.165, 1.54) is 35.0 Å². The van der Waals surface area contributed by atoms with Gasteiger partial charge in [0.2, 0.25) is 0 Å². The average molecular weight is 211 g/mol. The van der Waals surface area contributed by atoms with Gasteiger partial charge in [0.15, 0.2) is 0 Å². The van der Waals surface area contributed by atoms with E-state index in [-0.39, 0.29) is 0 Å². The molecule has 2 aromatic rings. The number of rotatable bonds is 0. The van der Waals surface area contributed by atoms with E-state index in [0.29, 0.717) is 5.92 Å². The van der Waals surface area contributed by atoms with Crippen molar-refractivity contribution in [3.8, 4) is 0 Å². The number of aryl methyl sites for hydroxylation is 2. The second kappa shape index (κ2) is 3.58. The first-order valence-electron chi connectivity index (χ1n) is 6.15. The molecule has 3 rings (SSSR count).